The van der Waals surface area contributed by atoms with Crippen LogP contribution < -0.4 is 5.63 Å². The Hall–Kier alpha value is -2.52. The Balaban J connectivity index is 2.10. The van der Waals surface area contributed by atoms with Crippen molar-refractivity contribution in [2.45, 2.75) is 33.6 Å². The average molecular weight is 367 g/mol. The van der Waals surface area contributed by atoms with Gasteiger partial charge in [0.1, 0.15) is 11.2 Å². The van der Waals surface area contributed by atoms with E-state index >= 15 is 0 Å². The van der Waals surface area contributed by atoms with Gasteiger partial charge in [0.05, 0.1) is 6.26 Å². The second-order valence-electron chi connectivity index (χ2n) is 6.99. The van der Waals surface area contributed by atoms with Crippen LogP contribution >= 0.6 is 11.6 Å². The fourth-order valence-corrected chi connectivity index (χ4v) is 3.82. The molecule has 2 aromatic carbocycles. The first-order valence-corrected chi connectivity index (χ1v) is 9.00. The Morgan fingerprint density at radius 1 is 0.962 bits per heavy atom. The van der Waals surface area contributed by atoms with Crippen molar-refractivity contribution < 1.29 is 8.83 Å². The normalized spacial score (nSPS) is 11.8. The summed E-state index contributed by atoms with van der Waals surface area (Å²) in [4.78, 5) is 12.4. The third-order valence-electron chi connectivity index (χ3n) is 5.00. The fourth-order valence-electron chi connectivity index (χ4n) is 3.69. The molecular weight excluding hydrogens is 348 g/mol. The number of halogens is 1. The summed E-state index contributed by atoms with van der Waals surface area (Å²) in [6.45, 7) is 7.93. The molecule has 0 bridgehead atoms. The molecule has 4 rings (SSSR count). The zero-order valence-electron chi connectivity index (χ0n) is 15.1. The van der Waals surface area contributed by atoms with Gasteiger partial charge in [-0.2, -0.15) is 0 Å². The zero-order valence-corrected chi connectivity index (χ0v) is 15.9. The second kappa shape index (κ2) is 6.03. The monoisotopic (exact) mass is 366 g/mol. The van der Waals surface area contributed by atoms with Gasteiger partial charge in [-0.15, -0.1) is 0 Å². The molecule has 0 saturated carbocycles. The first kappa shape index (κ1) is 16.9. The average Bonchev–Trinajstić information content (AvgIpc) is 3.01. The third-order valence-corrected chi connectivity index (χ3v) is 5.25. The second-order valence-corrected chi connectivity index (χ2v) is 7.43. The minimum absolute atomic E-state index is 0.103. The standard InChI is InChI=1S/C22H19ClO3/c1-11(2)19-12(3)16-9-17-18(14-5-7-15(23)8-6-14)10-25-20(17)13(4)21(16)26-22(19)24/h5-11H,1-4H3. The Morgan fingerprint density at radius 3 is 2.31 bits per heavy atom. The molecule has 0 aliphatic carbocycles. The van der Waals surface area contributed by atoms with Crippen LogP contribution in [0.25, 0.3) is 33.1 Å². The summed E-state index contributed by atoms with van der Waals surface area (Å²) in [5, 5.41) is 2.65. The van der Waals surface area contributed by atoms with Crippen LogP contribution in [0.4, 0.5) is 0 Å². The molecule has 26 heavy (non-hydrogen) atoms. The SMILES string of the molecule is Cc1c(C(C)C)c(=O)oc2c(C)c3occ(-c4ccc(Cl)cc4)c3cc12. The Labute approximate surface area is 156 Å². The molecular formula is C22H19ClO3. The summed E-state index contributed by atoms with van der Waals surface area (Å²) in [6, 6.07) is 9.75. The largest absolute Gasteiger partial charge is 0.463 e. The predicted octanol–water partition coefficient (Wildman–Crippen LogP) is 6.60. The maximum atomic E-state index is 12.4. The smallest absolute Gasteiger partial charge is 0.339 e. The Kier molecular flexibility index (Phi) is 3.92. The van der Waals surface area contributed by atoms with Crippen molar-refractivity contribution in [3.8, 4) is 11.1 Å². The molecule has 3 nitrogen and oxygen atoms in total. The highest BCUT2D eigenvalue weighted by Crippen LogP contribution is 2.38. The minimum Gasteiger partial charge on any atom is -0.463 e. The predicted molar refractivity (Wildman–Crippen MR) is 106 cm³/mol. The topological polar surface area (TPSA) is 43.4 Å². The van der Waals surface area contributed by atoms with Crippen molar-refractivity contribution in [1.29, 1.82) is 0 Å². The molecule has 0 atom stereocenters. The van der Waals surface area contributed by atoms with Crippen LogP contribution in [0.1, 0.15) is 36.5 Å². The van der Waals surface area contributed by atoms with Crippen LogP contribution in [-0.4, -0.2) is 0 Å². The summed E-state index contributed by atoms with van der Waals surface area (Å²) < 4.78 is 11.5. The number of rotatable bonds is 2. The lowest BCUT2D eigenvalue weighted by Gasteiger charge is -2.12. The molecule has 2 aromatic heterocycles. The first-order valence-electron chi connectivity index (χ1n) is 8.62. The zero-order chi connectivity index (χ0) is 18.6. The molecule has 2 heterocycles. The van der Waals surface area contributed by atoms with Gasteiger partial charge in [-0.3, -0.25) is 0 Å². The van der Waals surface area contributed by atoms with Crippen molar-refractivity contribution in [3.63, 3.8) is 0 Å². The molecule has 0 aliphatic rings. The van der Waals surface area contributed by atoms with Crippen molar-refractivity contribution in [2.24, 2.45) is 0 Å². The van der Waals surface area contributed by atoms with E-state index in [4.69, 9.17) is 20.4 Å². The van der Waals surface area contributed by atoms with Gasteiger partial charge in [-0.25, -0.2) is 4.79 Å². The molecule has 4 aromatic rings. The number of hydrogen-bond acceptors (Lipinski definition) is 3. The molecule has 0 amide bonds. The van der Waals surface area contributed by atoms with Crippen LogP contribution in [0, 0.1) is 13.8 Å². The van der Waals surface area contributed by atoms with Crippen molar-refractivity contribution in [2.75, 3.05) is 0 Å². The van der Waals surface area contributed by atoms with Crippen LogP contribution in [0.5, 0.6) is 0 Å². The van der Waals surface area contributed by atoms with Gasteiger partial charge < -0.3 is 8.83 Å². The molecule has 132 valence electrons. The first-order chi connectivity index (χ1) is 12.4. The van der Waals surface area contributed by atoms with Crippen LogP contribution in [-0.2, 0) is 0 Å². The molecule has 0 spiro atoms. The summed E-state index contributed by atoms with van der Waals surface area (Å²) in [5.74, 6) is 0.103. The van der Waals surface area contributed by atoms with E-state index in [1.165, 1.54) is 0 Å². The molecule has 0 radical (unpaired) electrons. The van der Waals surface area contributed by atoms with E-state index in [0.717, 1.165) is 44.2 Å². The quantitative estimate of drug-likeness (QED) is 0.375. The van der Waals surface area contributed by atoms with Crippen LogP contribution in [0.15, 0.2) is 50.2 Å². The van der Waals surface area contributed by atoms with Crippen molar-refractivity contribution in [3.05, 3.63) is 68.7 Å². The number of hydrogen-bond donors (Lipinski definition) is 0. The van der Waals surface area contributed by atoms with E-state index in [1.54, 1.807) is 6.26 Å². The highest BCUT2D eigenvalue weighted by atomic mass is 35.5. The highest BCUT2D eigenvalue weighted by molar-refractivity contribution is 6.30. The lowest BCUT2D eigenvalue weighted by molar-refractivity contribution is 0.538. The lowest BCUT2D eigenvalue weighted by Crippen LogP contribution is -2.12. The van der Waals surface area contributed by atoms with Gasteiger partial charge in [0.15, 0.2) is 0 Å². The van der Waals surface area contributed by atoms with Gasteiger partial charge in [0.25, 0.3) is 0 Å². The maximum Gasteiger partial charge on any atom is 0.339 e. The molecule has 0 fully saturated rings. The number of benzene rings is 2. The Morgan fingerprint density at radius 2 is 1.65 bits per heavy atom. The molecule has 0 unspecified atom stereocenters. The fraction of sp³-hybridized carbons (Fsp3) is 0.227. The van der Waals surface area contributed by atoms with E-state index in [2.05, 4.69) is 6.07 Å². The van der Waals surface area contributed by atoms with Crippen LogP contribution in [0.2, 0.25) is 5.02 Å². The van der Waals surface area contributed by atoms with Gasteiger partial charge >= 0.3 is 5.63 Å². The van der Waals surface area contributed by atoms with Gasteiger partial charge in [-0.1, -0.05) is 37.6 Å². The van der Waals surface area contributed by atoms with E-state index in [0.29, 0.717) is 10.6 Å². The third kappa shape index (κ3) is 2.46. The van der Waals surface area contributed by atoms with E-state index in [-0.39, 0.29) is 11.5 Å². The summed E-state index contributed by atoms with van der Waals surface area (Å²) in [7, 11) is 0. The molecule has 0 saturated heterocycles. The van der Waals surface area contributed by atoms with E-state index < -0.39 is 0 Å². The highest BCUT2D eigenvalue weighted by Gasteiger charge is 2.20. The minimum atomic E-state index is -0.267. The number of fused-ring (bicyclic) bond motifs is 2. The summed E-state index contributed by atoms with van der Waals surface area (Å²) >= 11 is 6.01. The molecule has 0 aliphatic heterocycles. The summed E-state index contributed by atoms with van der Waals surface area (Å²) in [6.07, 6.45) is 1.75. The summed E-state index contributed by atoms with van der Waals surface area (Å²) in [5.41, 5.74) is 5.64. The van der Waals surface area contributed by atoms with Crippen molar-refractivity contribution >= 4 is 33.5 Å². The van der Waals surface area contributed by atoms with E-state index in [9.17, 15) is 4.79 Å². The lowest BCUT2D eigenvalue weighted by atomic mass is 9.94. The van der Waals surface area contributed by atoms with Gasteiger partial charge in [0.2, 0.25) is 0 Å². The maximum absolute atomic E-state index is 12.4. The van der Waals surface area contributed by atoms with Gasteiger partial charge in [0, 0.05) is 32.5 Å². The van der Waals surface area contributed by atoms with Crippen molar-refractivity contribution in [1.82, 2.24) is 0 Å². The molecule has 0 N–H and O–H groups in total. The number of aryl methyl sites for hydroxylation is 2. The Bertz CT molecular complexity index is 1190. The molecule has 4 heteroatoms. The van der Waals surface area contributed by atoms with E-state index in [1.807, 2.05) is 52.0 Å². The number of furan rings is 1. The van der Waals surface area contributed by atoms with Crippen LogP contribution in [0.3, 0.4) is 0 Å². The van der Waals surface area contributed by atoms with Gasteiger partial charge in [-0.05, 0) is 49.1 Å².